The summed E-state index contributed by atoms with van der Waals surface area (Å²) >= 11 is 0. The number of nitrogens with zero attached hydrogens (tertiary/aromatic N) is 1. The molecular weight excluding hydrogens is 224 g/mol. The van der Waals surface area contributed by atoms with E-state index in [9.17, 15) is 4.79 Å². The van der Waals surface area contributed by atoms with Crippen molar-refractivity contribution in [3.63, 3.8) is 0 Å². The number of aromatic amines is 1. The first-order valence-electron chi connectivity index (χ1n) is 6.37. The third kappa shape index (κ3) is 2.67. The van der Waals surface area contributed by atoms with Crippen molar-refractivity contribution in [2.75, 3.05) is 0 Å². The van der Waals surface area contributed by atoms with Crippen molar-refractivity contribution >= 4 is 0 Å². The van der Waals surface area contributed by atoms with Crippen LogP contribution in [0.25, 0.3) is 11.4 Å². The van der Waals surface area contributed by atoms with Gasteiger partial charge >= 0.3 is 0 Å². The zero-order chi connectivity index (χ0) is 13.0. The average molecular weight is 242 g/mol. The minimum atomic E-state index is -0.00481. The Morgan fingerprint density at radius 3 is 2.56 bits per heavy atom. The van der Waals surface area contributed by atoms with Crippen LogP contribution in [0.2, 0.25) is 0 Å². The lowest BCUT2D eigenvalue weighted by atomic mass is 10.1. The Bertz CT molecular complexity index is 573. The van der Waals surface area contributed by atoms with Gasteiger partial charge in [0.15, 0.2) is 0 Å². The Balaban J connectivity index is 2.40. The molecule has 0 amide bonds. The molecule has 0 fully saturated rings. The number of aryl methyl sites for hydroxylation is 1. The number of H-pyrrole nitrogens is 1. The van der Waals surface area contributed by atoms with Gasteiger partial charge in [-0.1, -0.05) is 43.7 Å². The summed E-state index contributed by atoms with van der Waals surface area (Å²) in [6.07, 6.45) is 2.91. The number of aromatic nitrogens is 2. The van der Waals surface area contributed by atoms with Crippen molar-refractivity contribution in [3.05, 3.63) is 51.9 Å². The first-order valence-corrected chi connectivity index (χ1v) is 6.37. The summed E-state index contributed by atoms with van der Waals surface area (Å²) < 4.78 is 0. The van der Waals surface area contributed by atoms with Gasteiger partial charge < -0.3 is 4.98 Å². The maximum Gasteiger partial charge on any atom is 0.254 e. The molecule has 1 heterocycles. The number of hydrogen-bond acceptors (Lipinski definition) is 2. The summed E-state index contributed by atoms with van der Waals surface area (Å²) in [6, 6.07) is 9.72. The SMILES string of the molecule is CCCCc1c(C)nc(-c2ccccc2)[nH]c1=O. The van der Waals surface area contributed by atoms with E-state index in [0.717, 1.165) is 36.1 Å². The molecule has 0 spiro atoms. The van der Waals surface area contributed by atoms with E-state index in [-0.39, 0.29) is 5.56 Å². The zero-order valence-electron chi connectivity index (χ0n) is 10.9. The molecule has 0 atom stereocenters. The molecule has 3 nitrogen and oxygen atoms in total. The fraction of sp³-hybridized carbons (Fsp3) is 0.333. The van der Waals surface area contributed by atoms with E-state index < -0.39 is 0 Å². The summed E-state index contributed by atoms with van der Waals surface area (Å²) in [5.41, 5.74) is 2.59. The van der Waals surface area contributed by atoms with Crippen LogP contribution in [0.3, 0.4) is 0 Å². The van der Waals surface area contributed by atoms with Crippen molar-refractivity contribution in [2.24, 2.45) is 0 Å². The molecule has 0 bridgehead atoms. The predicted octanol–water partition coefficient (Wildman–Crippen LogP) is 3.09. The number of hydrogen-bond donors (Lipinski definition) is 1. The van der Waals surface area contributed by atoms with Gasteiger partial charge in [-0.25, -0.2) is 4.98 Å². The fourth-order valence-corrected chi connectivity index (χ4v) is 1.99. The molecule has 1 N–H and O–H groups in total. The van der Waals surface area contributed by atoms with Gasteiger partial charge in [0.05, 0.1) is 0 Å². The molecule has 2 aromatic rings. The molecule has 0 saturated heterocycles. The molecule has 0 aliphatic rings. The van der Waals surface area contributed by atoms with Gasteiger partial charge in [0.25, 0.3) is 5.56 Å². The second-order valence-corrected chi connectivity index (χ2v) is 4.45. The van der Waals surface area contributed by atoms with Crippen LogP contribution in [-0.2, 0) is 6.42 Å². The minimum absolute atomic E-state index is 0.00481. The Morgan fingerprint density at radius 1 is 1.22 bits per heavy atom. The van der Waals surface area contributed by atoms with Gasteiger partial charge in [-0.2, -0.15) is 0 Å². The molecule has 3 heteroatoms. The highest BCUT2D eigenvalue weighted by molar-refractivity contribution is 5.54. The topological polar surface area (TPSA) is 45.8 Å². The summed E-state index contributed by atoms with van der Waals surface area (Å²) in [5.74, 6) is 0.651. The van der Waals surface area contributed by atoms with Crippen LogP contribution in [0.15, 0.2) is 35.1 Å². The van der Waals surface area contributed by atoms with Crippen molar-refractivity contribution in [2.45, 2.75) is 33.1 Å². The number of rotatable bonds is 4. The molecule has 0 saturated carbocycles. The van der Waals surface area contributed by atoms with Crippen LogP contribution in [0, 0.1) is 6.92 Å². The Kier molecular flexibility index (Phi) is 3.92. The Hall–Kier alpha value is -1.90. The van der Waals surface area contributed by atoms with Crippen molar-refractivity contribution < 1.29 is 0 Å². The van der Waals surface area contributed by atoms with Crippen molar-refractivity contribution in [3.8, 4) is 11.4 Å². The maximum absolute atomic E-state index is 12.0. The van der Waals surface area contributed by atoms with Gasteiger partial charge in [0.1, 0.15) is 5.82 Å². The second-order valence-electron chi connectivity index (χ2n) is 4.45. The third-order valence-corrected chi connectivity index (χ3v) is 3.05. The molecule has 94 valence electrons. The smallest absolute Gasteiger partial charge is 0.254 e. The van der Waals surface area contributed by atoms with Crippen LogP contribution in [-0.4, -0.2) is 9.97 Å². The lowest BCUT2D eigenvalue weighted by Crippen LogP contribution is -2.17. The first kappa shape index (κ1) is 12.6. The fourth-order valence-electron chi connectivity index (χ4n) is 1.99. The molecular formula is C15H18N2O. The highest BCUT2D eigenvalue weighted by atomic mass is 16.1. The molecule has 2 rings (SSSR count). The van der Waals surface area contributed by atoms with Crippen LogP contribution in [0.5, 0.6) is 0 Å². The lowest BCUT2D eigenvalue weighted by molar-refractivity contribution is 0.774. The van der Waals surface area contributed by atoms with E-state index in [0.29, 0.717) is 5.82 Å². The zero-order valence-corrected chi connectivity index (χ0v) is 10.9. The van der Waals surface area contributed by atoms with E-state index in [4.69, 9.17) is 0 Å². The molecule has 18 heavy (non-hydrogen) atoms. The second kappa shape index (κ2) is 5.63. The summed E-state index contributed by atoms with van der Waals surface area (Å²) in [4.78, 5) is 19.4. The van der Waals surface area contributed by atoms with Gasteiger partial charge in [-0.15, -0.1) is 0 Å². The summed E-state index contributed by atoms with van der Waals surface area (Å²) in [5, 5.41) is 0. The minimum Gasteiger partial charge on any atom is -0.306 e. The normalized spacial score (nSPS) is 10.6. The van der Waals surface area contributed by atoms with Gasteiger partial charge in [-0.3, -0.25) is 4.79 Å². The van der Waals surface area contributed by atoms with Crippen LogP contribution < -0.4 is 5.56 Å². The number of unbranched alkanes of at least 4 members (excludes halogenated alkanes) is 1. The van der Waals surface area contributed by atoms with Crippen LogP contribution in [0.1, 0.15) is 31.0 Å². The lowest BCUT2D eigenvalue weighted by Gasteiger charge is -2.06. The molecule has 0 radical (unpaired) electrons. The standard InChI is InChI=1S/C15H18N2O/c1-3-4-10-13-11(2)16-14(17-15(13)18)12-8-6-5-7-9-12/h5-9H,3-4,10H2,1-2H3,(H,16,17,18). The monoisotopic (exact) mass is 242 g/mol. The van der Waals surface area contributed by atoms with Crippen LogP contribution >= 0.6 is 0 Å². The van der Waals surface area contributed by atoms with E-state index in [1.165, 1.54) is 0 Å². The summed E-state index contributed by atoms with van der Waals surface area (Å²) in [7, 11) is 0. The maximum atomic E-state index is 12.0. The highest BCUT2D eigenvalue weighted by Crippen LogP contribution is 2.14. The Morgan fingerprint density at radius 2 is 1.94 bits per heavy atom. The number of benzene rings is 1. The largest absolute Gasteiger partial charge is 0.306 e. The molecule has 1 aromatic heterocycles. The molecule has 0 aliphatic heterocycles. The van der Waals surface area contributed by atoms with Gasteiger partial charge in [0.2, 0.25) is 0 Å². The van der Waals surface area contributed by atoms with E-state index >= 15 is 0 Å². The highest BCUT2D eigenvalue weighted by Gasteiger charge is 2.08. The molecule has 0 aliphatic carbocycles. The van der Waals surface area contributed by atoms with Crippen LogP contribution in [0.4, 0.5) is 0 Å². The third-order valence-electron chi connectivity index (χ3n) is 3.05. The van der Waals surface area contributed by atoms with Crippen molar-refractivity contribution in [1.82, 2.24) is 9.97 Å². The van der Waals surface area contributed by atoms with E-state index in [2.05, 4.69) is 16.9 Å². The average Bonchev–Trinajstić information content (AvgIpc) is 2.39. The van der Waals surface area contributed by atoms with Gasteiger partial charge in [-0.05, 0) is 19.8 Å². The van der Waals surface area contributed by atoms with E-state index in [1.807, 2.05) is 37.3 Å². The predicted molar refractivity (Wildman–Crippen MR) is 73.6 cm³/mol. The number of nitrogens with one attached hydrogen (secondary N) is 1. The van der Waals surface area contributed by atoms with Gasteiger partial charge in [0, 0.05) is 16.8 Å². The quantitative estimate of drug-likeness (QED) is 0.895. The van der Waals surface area contributed by atoms with E-state index in [1.54, 1.807) is 0 Å². The molecule has 1 aromatic carbocycles. The van der Waals surface area contributed by atoms with Crippen molar-refractivity contribution in [1.29, 1.82) is 0 Å². The first-order chi connectivity index (χ1) is 8.72. The summed E-state index contributed by atoms with van der Waals surface area (Å²) in [6.45, 7) is 4.03. The Labute approximate surface area is 107 Å². The molecule has 0 unspecified atom stereocenters.